The molecule has 4 atom stereocenters. The number of amides is 2. The van der Waals surface area contributed by atoms with Crippen LogP contribution in [0, 0.1) is 17.8 Å². The highest BCUT2D eigenvalue weighted by Gasteiger charge is 2.50. The van der Waals surface area contributed by atoms with Gasteiger partial charge >= 0.3 is 0 Å². The van der Waals surface area contributed by atoms with Crippen LogP contribution in [0.2, 0.25) is 0 Å². The Bertz CT molecular complexity index is 784. The lowest BCUT2D eigenvalue weighted by molar-refractivity contribution is -0.152. The monoisotopic (exact) mass is 398 g/mol. The first kappa shape index (κ1) is 19.1. The number of aromatic nitrogens is 2. The fraction of sp³-hybridized carbons (Fsp3) is 0.783. The quantitative estimate of drug-likeness (QED) is 0.824. The standard InChI is InChI=1S/C23H34N4O2/c1-14(2)6-9-21-17-10-16(20-4-3-5-22(28)27(20)21)12-26(13-17)23(29)19-11-18(24-25-19)15-7-8-15/h11,14-17,20-21H,3-10,12-13H2,1-2H3,(H,24,25)/t16-,17+,20+,21+/m1/s1. The smallest absolute Gasteiger partial charge is 0.274 e. The molecule has 0 spiro atoms. The molecule has 1 N–H and O–H groups in total. The first-order valence-electron chi connectivity index (χ1n) is 11.7. The maximum absolute atomic E-state index is 13.2. The minimum atomic E-state index is 0.0704. The summed E-state index contributed by atoms with van der Waals surface area (Å²) in [6, 6.07) is 2.58. The Kier molecular flexibility index (Phi) is 4.91. The summed E-state index contributed by atoms with van der Waals surface area (Å²) in [6.45, 7) is 6.05. The van der Waals surface area contributed by atoms with E-state index in [4.69, 9.17) is 0 Å². The summed E-state index contributed by atoms with van der Waals surface area (Å²) in [5, 5.41) is 7.42. The number of aromatic amines is 1. The average Bonchev–Trinajstić information content (AvgIpc) is 3.44. The van der Waals surface area contributed by atoms with Gasteiger partial charge in [-0.1, -0.05) is 13.8 Å². The molecule has 4 heterocycles. The van der Waals surface area contributed by atoms with Gasteiger partial charge in [0, 0.05) is 43.2 Å². The largest absolute Gasteiger partial charge is 0.337 e. The molecule has 3 saturated heterocycles. The van der Waals surface area contributed by atoms with Gasteiger partial charge in [-0.15, -0.1) is 0 Å². The van der Waals surface area contributed by atoms with E-state index in [0.29, 0.717) is 53.8 Å². The van der Waals surface area contributed by atoms with Crippen LogP contribution in [0.25, 0.3) is 0 Å². The highest BCUT2D eigenvalue weighted by molar-refractivity contribution is 5.92. The van der Waals surface area contributed by atoms with Crippen molar-refractivity contribution in [1.82, 2.24) is 20.0 Å². The molecule has 2 bridgehead atoms. The van der Waals surface area contributed by atoms with Crippen molar-refractivity contribution in [2.45, 2.75) is 83.2 Å². The molecule has 0 unspecified atom stereocenters. The molecule has 6 heteroatoms. The van der Waals surface area contributed by atoms with E-state index in [1.807, 2.05) is 11.0 Å². The number of H-pyrrole nitrogens is 1. The van der Waals surface area contributed by atoms with Crippen LogP contribution < -0.4 is 0 Å². The average molecular weight is 399 g/mol. The summed E-state index contributed by atoms with van der Waals surface area (Å²) in [4.78, 5) is 30.4. The third kappa shape index (κ3) is 3.59. The van der Waals surface area contributed by atoms with E-state index in [9.17, 15) is 9.59 Å². The van der Waals surface area contributed by atoms with Gasteiger partial charge in [0.2, 0.25) is 5.91 Å². The van der Waals surface area contributed by atoms with Crippen molar-refractivity contribution in [2.24, 2.45) is 17.8 Å². The molecule has 29 heavy (non-hydrogen) atoms. The van der Waals surface area contributed by atoms with Crippen molar-refractivity contribution in [1.29, 1.82) is 0 Å². The van der Waals surface area contributed by atoms with Crippen LogP contribution in [0.1, 0.15) is 87.3 Å². The molecule has 4 aliphatic rings. The first-order chi connectivity index (χ1) is 14.0. The Hall–Kier alpha value is -1.85. The van der Waals surface area contributed by atoms with Crippen LogP contribution in [-0.2, 0) is 4.79 Å². The number of piperidine rings is 3. The van der Waals surface area contributed by atoms with E-state index >= 15 is 0 Å². The highest BCUT2D eigenvalue weighted by Crippen LogP contribution is 2.44. The number of likely N-dealkylation sites (tertiary alicyclic amines) is 1. The minimum absolute atomic E-state index is 0.0704. The van der Waals surface area contributed by atoms with Crippen molar-refractivity contribution in [3.8, 4) is 0 Å². The SMILES string of the molecule is CC(C)CC[C@H]1[C@H]2C[C@H](CN(C(=O)c3cc(C4CC4)[nH]n3)C2)[C@@H]2CCCC(=O)N21. The van der Waals surface area contributed by atoms with Gasteiger partial charge in [-0.25, -0.2) is 0 Å². The van der Waals surface area contributed by atoms with E-state index in [2.05, 4.69) is 28.9 Å². The van der Waals surface area contributed by atoms with Gasteiger partial charge in [-0.3, -0.25) is 14.7 Å². The summed E-state index contributed by atoms with van der Waals surface area (Å²) in [6.07, 6.45) is 8.56. The van der Waals surface area contributed by atoms with Crippen LogP contribution in [0.3, 0.4) is 0 Å². The maximum atomic E-state index is 13.2. The van der Waals surface area contributed by atoms with E-state index < -0.39 is 0 Å². The zero-order valence-corrected chi connectivity index (χ0v) is 17.8. The maximum Gasteiger partial charge on any atom is 0.274 e. The Balaban J connectivity index is 1.36. The Morgan fingerprint density at radius 3 is 2.79 bits per heavy atom. The normalized spacial score (nSPS) is 31.9. The molecule has 158 valence electrons. The van der Waals surface area contributed by atoms with Crippen LogP contribution in [0.4, 0.5) is 0 Å². The van der Waals surface area contributed by atoms with Crippen LogP contribution in [0.5, 0.6) is 0 Å². The molecule has 1 saturated carbocycles. The van der Waals surface area contributed by atoms with E-state index in [0.717, 1.165) is 50.9 Å². The van der Waals surface area contributed by atoms with Gasteiger partial charge < -0.3 is 9.80 Å². The van der Waals surface area contributed by atoms with Gasteiger partial charge in [-0.2, -0.15) is 5.10 Å². The predicted molar refractivity (Wildman–Crippen MR) is 110 cm³/mol. The van der Waals surface area contributed by atoms with Crippen LogP contribution in [-0.4, -0.2) is 57.0 Å². The highest BCUT2D eigenvalue weighted by atomic mass is 16.2. The van der Waals surface area contributed by atoms with Gasteiger partial charge in [0.15, 0.2) is 0 Å². The second kappa shape index (κ2) is 7.44. The van der Waals surface area contributed by atoms with Crippen molar-refractivity contribution < 1.29 is 9.59 Å². The second-order valence-electron chi connectivity index (χ2n) is 10.2. The minimum Gasteiger partial charge on any atom is -0.337 e. The predicted octanol–water partition coefficient (Wildman–Crippen LogP) is 3.56. The summed E-state index contributed by atoms with van der Waals surface area (Å²) in [7, 11) is 0. The number of hydrogen-bond donors (Lipinski definition) is 1. The number of nitrogens with zero attached hydrogens (tertiary/aromatic N) is 3. The van der Waals surface area contributed by atoms with Gasteiger partial charge in [-0.05, 0) is 68.8 Å². The first-order valence-corrected chi connectivity index (χ1v) is 11.7. The van der Waals surface area contributed by atoms with Crippen molar-refractivity contribution in [3.63, 3.8) is 0 Å². The van der Waals surface area contributed by atoms with Gasteiger partial charge in [0.05, 0.1) is 0 Å². The Labute approximate surface area is 173 Å². The number of hydrogen-bond acceptors (Lipinski definition) is 3. The summed E-state index contributed by atoms with van der Waals surface area (Å²) in [5.41, 5.74) is 1.69. The number of carbonyl (C=O) groups excluding carboxylic acids is 2. The van der Waals surface area contributed by atoms with Crippen LogP contribution in [0.15, 0.2) is 6.07 Å². The fourth-order valence-electron chi connectivity index (χ4n) is 6.03. The van der Waals surface area contributed by atoms with Gasteiger partial charge in [0.1, 0.15) is 5.69 Å². The Morgan fingerprint density at radius 2 is 2.03 bits per heavy atom. The van der Waals surface area contributed by atoms with Gasteiger partial charge in [0.25, 0.3) is 5.91 Å². The lowest BCUT2D eigenvalue weighted by Crippen LogP contribution is -2.65. The molecule has 3 aliphatic heterocycles. The van der Waals surface area contributed by atoms with Crippen LogP contribution >= 0.6 is 0 Å². The van der Waals surface area contributed by atoms with Crippen molar-refractivity contribution in [3.05, 3.63) is 17.5 Å². The third-order valence-electron chi connectivity index (χ3n) is 7.66. The number of carbonyl (C=O) groups is 2. The van der Waals surface area contributed by atoms with Crippen molar-refractivity contribution >= 4 is 11.8 Å². The summed E-state index contributed by atoms with van der Waals surface area (Å²) >= 11 is 0. The molecule has 6 nitrogen and oxygen atoms in total. The number of fused-ring (bicyclic) bond motifs is 4. The molecule has 2 amide bonds. The lowest BCUT2D eigenvalue weighted by atomic mass is 9.70. The molecule has 1 aliphatic carbocycles. The fourth-order valence-corrected chi connectivity index (χ4v) is 6.03. The molecular formula is C23H34N4O2. The lowest BCUT2D eigenvalue weighted by Gasteiger charge is -2.56. The zero-order chi connectivity index (χ0) is 20.1. The molecule has 5 rings (SSSR count). The van der Waals surface area contributed by atoms with Crippen molar-refractivity contribution in [2.75, 3.05) is 13.1 Å². The third-order valence-corrected chi connectivity index (χ3v) is 7.66. The van der Waals surface area contributed by atoms with E-state index in [-0.39, 0.29) is 5.91 Å². The van der Waals surface area contributed by atoms with E-state index in [1.54, 1.807) is 0 Å². The molecular weight excluding hydrogens is 364 g/mol. The topological polar surface area (TPSA) is 69.3 Å². The number of nitrogens with one attached hydrogen (secondary N) is 1. The molecule has 1 aromatic heterocycles. The Morgan fingerprint density at radius 1 is 1.24 bits per heavy atom. The summed E-state index contributed by atoms with van der Waals surface area (Å²) < 4.78 is 0. The molecule has 0 aromatic carbocycles. The second-order valence-corrected chi connectivity index (χ2v) is 10.2. The van der Waals surface area contributed by atoms with E-state index in [1.165, 1.54) is 12.8 Å². The molecule has 0 radical (unpaired) electrons. The molecule has 1 aromatic rings. The zero-order valence-electron chi connectivity index (χ0n) is 17.8. The molecule has 4 fully saturated rings. The summed E-state index contributed by atoms with van der Waals surface area (Å²) in [5.74, 6) is 2.45. The number of rotatable bonds is 5.